The van der Waals surface area contributed by atoms with Gasteiger partial charge in [-0.25, -0.2) is 4.98 Å². The van der Waals surface area contributed by atoms with E-state index < -0.39 is 4.92 Å². The highest BCUT2D eigenvalue weighted by Gasteiger charge is 2.13. The monoisotopic (exact) mass is 313 g/mol. The molecule has 0 atom stereocenters. The molecule has 0 radical (unpaired) electrons. The Morgan fingerprint density at radius 2 is 2.09 bits per heavy atom. The Labute approximate surface area is 129 Å². The number of rotatable bonds is 3. The predicted octanol–water partition coefficient (Wildman–Crippen LogP) is 3.77. The zero-order valence-corrected chi connectivity index (χ0v) is 12.4. The van der Waals surface area contributed by atoms with Crippen molar-refractivity contribution in [2.45, 2.75) is 6.92 Å². The second-order valence-electron chi connectivity index (χ2n) is 4.75. The van der Waals surface area contributed by atoms with Crippen LogP contribution in [0.3, 0.4) is 0 Å². The number of carbonyl (C=O) groups is 1. The number of nitro groups is 1. The highest BCUT2D eigenvalue weighted by atomic mass is 32.1. The molecule has 1 heterocycles. The molecule has 0 spiro atoms. The molecule has 22 heavy (non-hydrogen) atoms. The number of anilines is 1. The molecule has 3 aromatic rings. The maximum absolute atomic E-state index is 12.2. The summed E-state index contributed by atoms with van der Waals surface area (Å²) < 4.78 is 0.919. The Balaban J connectivity index is 1.87. The van der Waals surface area contributed by atoms with Crippen LogP contribution in [0.1, 0.15) is 15.9 Å². The lowest BCUT2D eigenvalue weighted by molar-refractivity contribution is -0.385. The maximum atomic E-state index is 12.2. The summed E-state index contributed by atoms with van der Waals surface area (Å²) in [5.41, 5.74) is 3.97. The molecule has 0 aliphatic carbocycles. The minimum Gasteiger partial charge on any atom is -0.322 e. The van der Waals surface area contributed by atoms with Gasteiger partial charge in [-0.3, -0.25) is 14.9 Å². The smallest absolute Gasteiger partial charge is 0.274 e. The van der Waals surface area contributed by atoms with Crippen molar-refractivity contribution in [1.29, 1.82) is 0 Å². The highest BCUT2D eigenvalue weighted by Crippen LogP contribution is 2.24. The summed E-state index contributed by atoms with van der Waals surface area (Å²) in [7, 11) is 0. The second-order valence-corrected chi connectivity index (χ2v) is 5.63. The third kappa shape index (κ3) is 2.66. The van der Waals surface area contributed by atoms with Crippen LogP contribution in [0.4, 0.5) is 11.4 Å². The van der Waals surface area contributed by atoms with Crippen LogP contribution >= 0.6 is 11.3 Å². The van der Waals surface area contributed by atoms with E-state index in [1.54, 1.807) is 42.8 Å². The Morgan fingerprint density at radius 1 is 1.27 bits per heavy atom. The molecule has 7 heteroatoms. The minimum absolute atomic E-state index is 0.0179. The van der Waals surface area contributed by atoms with Crippen molar-refractivity contribution in [3.05, 3.63) is 63.1 Å². The van der Waals surface area contributed by atoms with Gasteiger partial charge >= 0.3 is 0 Å². The molecule has 1 aromatic heterocycles. The molecule has 110 valence electrons. The summed E-state index contributed by atoms with van der Waals surface area (Å²) >= 11 is 1.45. The lowest BCUT2D eigenvalue weighted by Crippen LogP contribution is -2.12. The fraction of sp³-hybridized carbons (Fsp3) is 0.0667. The number of nitrogens with zero attached hydrogens (tertiary/aromatic N) is 2. The van der Waals surface area contributed by atoms with Crippen LogP contribution in [0.2, 0.25) is 0 Å². The number of thiazole rings is 1. The van der Waals surface area contributed by atoms with E-state index in [2.05, 4.69) is 10.3 Å². The normalized spacial score (nSPS) is 10.6. The average Bonchev–Trinajstić information content (AvgIpc) is 2.96. The minimum atomic E-state index is -0.464. The van der Waals surface area contributed by atoms with E-state index in [0.29, 0.717) is 16.8 Å². The SMILES string of the molecule is Cc1ccc(NC(=O)c2ccc3ncsc3c2)cc1[N+](=O)[O-]. The van der Waals surface area contributed by atoms with Gasteiger partial charge in [0.15, 0.2) is 0 Å². The van der Waals surface area contributed by atoms with Crippen LogP contribution in [-0.4, -0.2) is 15.8 Å². The average molecular weight is 313 g/mol. The van der Waals surface area contributed by atoms with Gasteiger partial charge in [0, 0.05) is 22.9 Å². The number of amides is 1. The number of carbonyl (C=O) groups excluding carboxylic acids is 1. The van der Waals surface area contributed by atoms with E-state index in [9.17, 15) is 14.9 Å². The first kappa shape index (κ1) is 14.2. The largest absolute Gasteiger partial charge is 0.322 e. The van der Waals surface area contributed by atoms with Gasteiger partial charge in [0.05, 0.1) is 20.7 Å². The van der Waals surface area contributed by atoms with Crippen molar-refractivity contribution in [2.24, 2.45) is 0 Å². The first-order chi connectivity index (χ1) is 10.5. The van der Waals surface area contributed by atoms with Crippen molar-refractivity contribution >= 4 is 38.8 Å². The van der Waals surface area contributed by atoms with Gasteiger partial charge in [0.1, 0.15) is 0 Å². The molecular weight excluding hydrogens is 302 g/mol. The molecule has 6 nitrogen and oxygen atoms in total. The number of hydrogen-bond acceptors (Lipinski definition) is 5. The number of aromatic nitrogens is 1. The van der Waals surface area contributed by atoms with Gasteiger partial charge in [-0.15, -0.1) is 11.3 Å². The van der Waals surface area contributed by atoms with Crippen molar-refractivity contribution in [3.63, 3.8) is 0 Å². The quantitative estimate of drug-likeness (QED) is 0.589. The lowest BCUT2D eigenvalue weighted by Gasteiger charge is -2.06. The van der Waals surface area contributed by atoms with Crippen molar-refractivity contribution in [3.8, 4) is 0 Å². The standard InChI is InChI=1S/C15H11N3O3S/c1-9-2-4-11(7-13(9)18(20)21)17-15(19)10-3-5-12-14(6-10)22-8-16-12/h2-8H,1H3,(H,17,19). The Kier molecular flexibility index (Phi) is 3.56. The van der Waals surface area contributed by atoms with Crippen LogP contribution < -0.4 is 5.32 Å². The van der Waals surface area contributed by atoms with Gasteiger partial charge in [0.2, 0.25) is 0 Å². The molecule has 1 N–H and O–H groups in total. The topological polar surface area (TPSA) is 85.1 Å². The van der Waals surface area contributed by atoms with E-state index in [1.807, 2.05) is 0 Å². The molecule has 2 aromatic carbocycles. The zero-order valence-electron chi connectivity index (χ0n) is 11.6. The zero-order chi connectivity index (χ0) is 15.7. The number of hydrogen-bond donors (Lipinski definition) is 1. The summed E-state index contributed by atoms with van der Waals surface area (Å²) in [5.74, 6) is -0.312. The van der Waals surface area contributed by atoms with Crippen LogP contribution in [0.5, 0.6) is 0 Å². The first-order valence-corrected chi connectivity index (χ1v) is 7.32. The van der Waals surface area contributed by atoms with Crippen molar-refractivity contribution in [1.82, 2.24) is 4.98 Å². The molecule has 0 fully saturated rings. The Bertz CT molecular complexity index is 889. The third-order valence-electron chi connectivity index (χ3n) is 3.26. The van der Waals surface area contributed by atoms with Gasteiger partial charge in [0.25, 0.3) is 11.6 Å². The molecule has 1 amide bonds. The van der Waals surface area contributed by atoms with E-state index >= 15 is 0 Å². The van der Waals surface area contributed by atoms with Crippen LogP contribution in [-0.2, 0) is 0 Å². The van der Waals surface area contributed by atoms with E-state index in [-0.39, 0.29) is 11.6 Å². The number of nitro benzene ring substituents is 1. The van der Waals surface area contributed by atoms with Crippen LogP contribution in [0.25, 0.3) is 10.2 Å². The fourth-order valence-electron chi connectivity index (χ4n) is 2.08. The molecule has 0 aliphatic heterocycles. The molecule has 0 bridgehead atoms. The van der Waals surface area contributed by atoms with E-state index in [0.717, 1.165) is 10.2 Å². The third-order valence-corrected chi connectivity index (χ3v) is 4.05. The predicted molar refractivity (Wildman–Crippen MR) is 85.4 cm³/mol. The highest BCUT2D eigenvalue weighted by molar-refractivity contribution is 7.16. The molecule has 0 saturated heterocycles. The van der Waals surface area contributed by atoms with E-state index in [1.165, 1.54) is 17.4 Å². The van der Waals surface area contributed by atoms with Gasteiger partial charge < -0.3 is 5.32 Å². The van der Waals surface area contributed by atoms with Gasteiger partial charge in [-0.2, -0.15) is 0 Å². The molecule has 0 unspecified atom stereocenters. The number of nitrogens with one attached hydrogen (secondary N) is 1. The number of benzene rings is 2. The molecule has 0 saturated carbocycles. The first-order valence-electron chi connectivity index (χ1n) is 6.44. The van der Waals surface area contributed by atoms with Crippen molar-refractivity contribution < 1.29 is 9.72 Å². The van der Waals surface area contributed by atoms with Gasteiger partial charge in [-0.1, -0.05) is 6.07 Å². The Hall–Kier alpha value is -2.80. The fourth-order valence-corrected chi connectivity index (χ4v) is 2.80. The van der Waals surface area contributed by atoms with Gasteiger partial charge in [-0.05, 0) is 31.2 Å². The van der Waals surface area contributed by atoms with Crippen LogP contribution in [0, 0.1) is 17.0 Å². The molecule has 0 aliphatic rings. The molecular formula is C15H11N3O3S. The summed E-state index contributed by atoms with van der Waals surface area (Å²) in [4.78, 5) is 26.9. The number of aryl methyl sites for hydroxylation is 1. The Morgan fingerprint density at radius 3 is 2.86 bits per heavy atom. The summed E-state index contributed by atoms with van der Waals surface area (Å²) in [6.07, 6.45) is 0. The van der Waals surface area contributed by atoms with Crippen molar-refractivity contribution in [2.75, 3.05) is 5.32 Å². The molecule has 3 rings (SSSR count). The summed E-state index contributed by atoms with van der Waals surface area (Å²) in [6, 6.07) is 9.83. The lowest BCUT2D eigenvalue weighted by atomic mass is 10.1. The maximum Gasteiger partial charge on any atom is 0.274 e. The van der Waals surface area contributed by atoms with E-state index in [4.69, 9.17) is 0 Å². The second kappa shape index (κ2) is 5.53. The summed E-state index contributed by atoms with van der Waals surface area (Å²) in [5, 5.41) is 13.6. The summed E-state index contributed by atoms with van der Waals surface area (Å²) in [6.45, 7) is 1.65. The van der Waals surface area contributed by atoms with Crippen LogP contribution in [0.15, 0.2) is 41.9 Å². The number of fused-ring (bicyclic) bond motifs is 1.